The van der Waals surface area contributed by atoms with Gasteiger partial charge >= 0.3 is 0 Å². The van der Waals surface area contributed by atoms with E-state index in [1.165, 1.54) is 0 Å². The second-order valence-corrected chi connectivity index (χ2v) is 10.1. The Morgan fingerprint density at radius 2 is 1.86 bits per heavy atom. The summed E-state index contributed by atoms with van der Waals surface area (Å²) in [4.78, 5) is 0. The Morgan fingerprint density at radius 3 is 2.67 bits per heavy atom. The molecular formula is C26H27BrClN5O2S. The average Bonchev–Trinajstić information content (AvgIpc) is 3.36. The van der Waals surface area contributed by atoms with Crippen molar-refractivity contribution in [2.24, 2.45) is 0 Å². The number of hydrogen-bond donors (Lipinski definition) is 1. The molecule has 1 aromatic heterocycles. The molecule has 10 heteroatoms. The number of nitrogens with zero attached hydrogens (tertiary/aromatic N) is 4. The minimum atomic E-state index is 0.362. The lowest BCUT2D eigenvalue weighted by atomic mass is 10.2. The molecule has 0 aliphatic rings. The van der Waals surface area contributed by atoms with Crippen molar-refractivity contribution in [3.63, 3.8) is 0 Å². The Bertz CT molecular complexity index is 1260. The molecule has 188 valence electrons. The number of thioether (sulfide) groups is 1. The van der Waals surface area contributed by atoms with Gasteiger partial charge in [-0.1, -0.05) is 59.8 Å². The first-order valence-electron chi connectivity index (χ1n) is 11.6. The molecular weight excluding hydrogens is 562 g/mol. The van der Waals surface area contributed by atoms with Crippen LogP contribution in [0.15, 0.2) is 76.4 Å². The molecule has 0 saturated heterocycles. The van der Waals surface area contributed by atoms with Gasteiger partial charge in [0, 0.05) is 22.9 Å². The first kappa shape index (κ1) is 26.5. The molecule has 4 aromatic rings. The first-order chi connectivity index (χ1) is 17.7. The third kappa shape index (κ3) is 7.22. The third-order valence-corrected chi connectivity index (χ3v) is 7.16. The Balaban J connectivity index is 1.27. The van der Waals surface area contributed by atoms with Crippen LogP contribution < -0.4 is 14.8 Å². The summed E-state index contributed by atoms with van der Waals surface area (Å²) in [6.07, 6.45) is 0.977. The van der Waals surface area contributed by atoms with Crippen LogP contribution in [0, 0.1) is 0 Å². The van der Waals surface area contributed by atoms with Crippen LogP contribution in [0.4, 0.5) is 0 Å². The van der Waals surface area contributed by atoms with E-state index in [1.807, 2.05) is 67.6 Å². The summed E-state index contributed by atoms with van der Waals surface area (Å²) < 4.78 is 14.6. The van der Waals surface area contributed by atoms with E-state index in [2.05, 4.69) is 42.8 Å². The largest absolute Gasteiger partial charge is 0.490 e. The fourth-order valence-electron chi connectivity index (χ4n) is 3.49. The zero-order valence-corrected chi connectivity index (χ0v) is 23.0. The predicted molar refractivity (Wildman–Crippen MR) is 147 cm³/mol. The second-order valence-electron chi connectivity index (χ2n) is 7.81. The van der Waals surface area contributed by atoms with Crippen molar-refractivity contribution in [2.75, 3.05) is 18.9 Å². The van der Waals surface area contributed by atoms with Crippen LogP contribution in [0.1, 0.15) is 24.5 Å². The molecule has 36 heavy (non-hydrogen) atoms. The zero-order chi connectivity index (χ0) is 25.2. The van der Waals surface area contributed by atoms with Gasteiger partial charge in [0.05, 0.1) is 16.8 Å². The van der Waals surface area contributed by atoms with Gasteiger partial charge < -0.3 is 14.8 Å². The fourth-order valence-corrected chi connectivity index (χ4v) is 5.11. The molecule has 4 rings (SSSR count). The summed E-state index contributed by atoms with van der Waals surface area (Å²) in [6, 6.07) is 21.6. The van der Waals surface area contributed by atoms with Crippen molar-refractivity contribution in [2.45, 2.75) is 31.7 Å². The lowest BCUT2D eigenvalue weighted by Crippen LogP contribution is -2.15. The van der Waals surface area contributed by atoms with E-state index in [-0.39, 0.29) is 0 Å². The van der Waals surface area contributed by atoms with Gasteiger partial charge in [-0.2, -0.15) is 4.68 Å². The molecule has 0 radical (unpaired) electrons. The molecule has 1 N–H and O–H groups in total. The molecule has 0 saturated carbocycles. The van der Waals surface area contributed by atoms with E-state index in [0.717, 1.165) is 51.7 Å². The Hall–Kier alpha value is -2.59. The van der Waals surface area contributed by atoms with E-state index < -0.39 is 0 Å². The monoisotopic (exact) mass is 587 g/mol. The normalized spacial score (nSPS) is 11.0. The van der Waals surface area contributed by atoms with Gasteiger partial charge in [-0.3, -0.25) is 0 Å². The molecule has 3 aromatic carbocycles. The number of ether oxygens (including phenoxy) is 2. The zero-order valence-electron chi connectivity index (χ0n) is 19.9. The smallest absolute Gasteiger partial charge is 0.214 e. The van der Waals surface area contributed by atoms with Crippen LogP contribution in [-0.4, -0.2) is 39.1 Å². The van der Waals surface area contributed by atoms with Crippen molar-refractivity contribution in [1.82, 2.24) is 25.5 Å². The molecule has 0 aliphatic carbocycles. The first-order valence-corrected chi connectivity index (χ1v) is 13.8. The summed E-state index contributed by atoms with van der Waals surface area (Å²) in [5.74, 6) is 2.29. The van der Waals surface area contributed by atoms with Crippen molar-refractivity contribution in [1.29, 1.82) is 0 Å². The van der Waals surface area contributed by atoms with Crippen molar-refractivity contribution < 1.29 is 9.47 Å². The van der Waals surface area contributed by atoms with Gasteiger partial charge in [0.1, 0.15) is 6.61 Å². The molecule has 0 atom stereocenters. The molecule has 1 heterocycles. The topological polar surface area (TPSA) is 74.1 Å². The lowest BCUT2D eigenvalue weighted by molar-refractivity contribution is 0.267. The molecule has 7 nitrogen and oxygen atoms in total. The van der Waals surface area contributed by atoms with E-state index >= 15 is 0 Å². The highest BCUT2D eigenvalue weighted by Crippen LogP contribution is 2.38. The van der Waals surface area contributed by atoms with Crippen LogP contribution >= 0.6 is 39.3 Å². The fraction of sp³-hybridized carbons (Fsp3) is 0.269. The van der Waals surface area contributed by atoms with Crippen LogP contribution in [-0.2, 0) is 13.2 Å². The number of tetrazole rings is 1. The third-order valence-electron chi connectivity index (χ3n) is 5.20. The van der Waals surface area contributed by atoms with Gasteiger partial charge in [0.15, 0.2) is 11.5 Å². The molecule has 0 fully saturated rings. The quantitative estimate of drug-likeness (QED) is 0.145. The molecule has 0 spiro atoms. The minimum absolute atomic E-state index is 0.362. The number of aromatic nitrogens is 4. The maximum absolute atomic E-state index is 6.27. The van der Waals surface area contributed by atoms with Crippen LogP contribution in [0.5, 0.6) is 11.5 Å². The highest BCUT2D eigenvalue weighted by atomic mass is 79.9. The summed E-state index contributed by atoms with van der Waals surface area (Å²) in [7, 11) is 0. The van der Waals surface area contributed by atoms with E-state index in [9.17, 15) is 0 Å². The number of hydrogen-bond acceptors (Lipinski definition) is 7. The lowest BCUT2D eigenvalue weighted by Gasteiger charge is -2.16. The summed E-state index contributed by atoms with van der Waals surface area (Å²) in [6.45, 7) is 4.46. The summed E-state index contributed by atoms with van der Waals surface area (Å²) >= 11 is 11.6. The SMILES string of the molecule is CCOc1cc(CNCCCSc2nnnn2-c2ccccc2)cc(Br)c1OCc1ccccc1Cl. The molecule has 0 bridgehead atoms. The van der Waals surface area contributed by atoms with Crippen molar-refractivity contribution in [3.8, 4) is 17.2 Å². The van der Waals surface area contributed by atoms with Gasteiger partial charge in [-0.15, -0.1) is 5.10 Å². The van der Waals surface area contributed by atoms with Crippen LogP contribution in [0.2, 0.25) is 5.02 Å². The van der Waals surface area contributed by atoms with Gasteiger partial charge in [0.25, 0.3) is 0 Å². The molecule has 0 aliphatic heterocycles. The number of benzene rings is 3. The Morgan fingerprint density at radius 1 is 1.06 bits per heavy atom. The highest BCUT2D eigenvalue weighted by Gasteiger charge is 2.14. The number of para-hydroxylation sites is 1. The second kappa shape index (κ2) is 13.6. The standard InChI is InChI=1S/C26H27BrClN5O2S/c1-2-34-24-16-19(15-22(27)25(24)35-18-20-9-6-7-12-23(20)28)17-29-13-8-14-36-26-30-31-32-33(26)21-10-4-3-5-11-21/h3-7,9-12,15-16,29H,2,8,13-14,17-18H2,1H3. The van der Waals surface area contributed by atoms with E-state index in [4.69, 9.17) is 21.1 Å². The summed E-state index contributed by atoms with van der Waals surface area (Å²) in [5.41, 5.74) is 2.99. The Labute approximate surface area is 228 Å². The average molecular weight is 589 g/mol. The van der Waals surface area contributed by atoms with Gasteiger partial charge in [-0.05, 0) is 82.1 Å². The van der Waals surface area contributed by atoms with Crippen molar-refractivity contribution in [3.05, 3.63) is 87.4 Å². The van der Waals surface area contributed by atoms with E-state index in [0.29, 0.717) is 29.7 Å². The minimum Gasteiger partial charge on any atom is -0.490 e. The summed E-state index contributed by atoms with van der Waals surface area (Å²) in [5, 5.41) is 17.0. The number of rotatable bonds is 13. The number of halogens is 2. The maximum atomic E-state index is 6.27. The molecule has 0 unspecified atom stereocenters. The Kier molecular flexibility index (Phi) is 10.0. The predicted octanol–water partition coefficient (Wildman–Crippen LogP) is 6.33. The van der Waals surface area contributed by atoms with Crippen LogP contribution in [0.3, 0.4) is 0 Å². The maximum Gasteiger partial charge on any atom is 0.214 e. The molecule has 0 amide bonds. The number of nitrogens with one attached hydrogen (secondary N) is 1. The highest BCUT2D eigenvalue weighted by molar-refractivity contribution is 9.10. The van der Waals surface area contributed by atoms with Gasteiger partial charge in [-0.25, -0.2) is 0 Å². The van der Waals surface area contributed by atoms with Gasteiger partial charge in [0.2, 0.25) is 5.16 Å². The van der Waals surface area contributed by atoms with Crippen molar-refractivity contribution >= 4 is 39.3 Å². The van der Waals surface area contributed by atoms with E-state index in [1.54, 1.807) is 16.4 Å². The van der Waals surface area contributed by atoms with Crippen LogP contribution in [0.25, 0.3) is 5.69 Å².